The third-order valence-electron chi connectivity index (χ3n) is 3.69. The van der Waals surface area contributed by atoms with Crippen LogP contribution in [0.1, 0.15) is 20.3 Å². The average molecular weight is 448 g/mol. The van der Waals surface area contributed by atoms with E-state index in [1.165, 1.54) is 6.26 Å². The minimum atomic E-state index is -3.15. The van der Waals surface area contributed by atoms with Crippen LogP contribution in [0.5, 0.6) is 0 Å². The minimum absolute atomic E-state index is 0. The quantitative estimate of drug-likeness (QED) is 0.247. The molecule has 1 aliphatic heterocycles. The molecule has 0 aromatic heterocycles. The summed E-state index contributed by atoms with van der Waals surface area (Å²) in [5.41, 5.74) is 5.75. The van der Waals surface area contributed by atoms with Gasteiger partial charge in [-0.25, -0.2) is 8.42 Å². The van der Waals surface area contributed by atoms with Crippen LogP contribution in [-0.2, 0) is 14.6 Å². The molecule has 9 heteroatoms. The van der Waals surface area contributed by atoms with E-state index < -0.39 is 14.6 Å². The van der Waals surface area contributed by atoms with Gasteiger partial charge in [0.25, 0.3) is 0 Å². The highest BCUT2D eigenvalue weighted by Crippen LogP contribution is 2.14. The second-order valence-electron chi connectivity index (χ2n) is 5.97. The van der Waals surface area contributed by atoms with Crippen LogP contribution in [0.3, 0.4) is 0 Å². The molecule has 1 heterocycles. The highest BCUT2D eigenvalue weighted by molar-refractivity contribution is 14.0. The van der Waals surface area contributed by atoms with Gasteiger partial charge in [-0.3, -0.25) is 9.89 Å². The Hall–Kier alpha value is -0.130. The molecule has 1 aliphatic rings. The second-order valence-corrected chi connectivity index (χ2v) is 8.62. The zero-order valence-corrected chi connectivity index (χ0v) is 16.8. The number of nitrogens with two attached hydrogens (primary N) is 1. The maximum absolute atomic E-state index is 11.6. The lowest BCUT2D eigenvalue weighted by molar-refractivity contribution is 0.0376. The first-order valence-electron chi connectivity index (χ1n) is 7.26. The van der Waals surface area contributed by atoms with Gasteiger partial charge >= 0.3 is 0 Å². The summed E-state index contributed by atoms with van der Waals surface area (Å²) in [6, 6.07) is 0. The molecule has 1 rings (SSSR count). The van der Waals surface area contributed by atoms with E-state index in [-0.39, 0.29) is 30.5 Å². The largest absolute Gasteiger partial charge is 0.379 e. The van der Waals surface area contributed by atoms with Gasteiger partial charge in [0.05, 0.1) is 24.5 Å². The number of guanidine groups is 1. The number of hydrogen-bond acceptors (Lipinski definition) is 5. The summed E-state index contributed by atoms with van der Waals surface area (Å²) >= 11 is 0. The summed E-state index contributed by atoms with van der Waals surface area (Å²) in [5.74, 6) is 0.300. The Balaban J connectivity index is 0.00000441. The van der Waals surface area contributed by atoms with Gasteiger partial charge in [0.15, 0.2) is 15.8 Å². The summed E-state index contributed by atoms with van der Waals surface area (Å²) < 4.78 is 27.5. The van der Waals surface area contributed by atoms with Gasteiger partial charge in [0.2, 0.25) is 0 Å². The smallest absolute Gasteiger partial charge is 0.188 e. The van der Waals surface area contributed by atoms with Gasteiger partial charge in [0.1, 0.15) is 0 Å². The Morgan fingerprint density at radius 3 is 2.50 bits per heavy atom. The van der Waals surface area contributed by atoms with Gasteiger partial charge in [-0.05, 0) is 26.8 Å². The molecule has 132 valence electrons. The summed E-state index contributed by atoms with van der Waals surface area (Å²) in [4.78, 5) is 6.47. The van der Waals surface area contributed by atoms with Crippen LogP contribution in [0.25, 0.3) is 0 Å². The van der Waals surface area contributed by atoms with Crippen molar-refractivity contribution in [2.24, 2.45) is 10.7 Å². The third kappa shape index (κ3) is 7.93. The molecule has 0 spiro atoms. The molecule has 0 saturated carbocycles. The fourth-order valence-electron chi connectivity index (χ4n) is 1.79. The Bertz CT molecular complexity index is 448. The van der Waals surface area contributed by atoms with E-state index in [2.05, 4.69) is 15.2 Å². The summed E-state index contributed by atoms with van der Waals surface area (Å²) in [7, 11) is -3.15. The van der Waals surface area contributed by atoms with Crippen LogP contribution < -0.4 is 11.1 Å². The molecular weight excluding hydrogens is 419 g/mol. The van der Waals surface area contributed by atoms with Crippen LogP contribution in [0.2, 0.25) is 0 Å². The maximum Gasteiger partial charge on any atom is 0.188 e. The molecular formula is C13H29IN4O3S. The van der Waals surface area contributed by atoms with Crippen molar-refractivity contribution in [3.8, 4) is 0 Å². The first kappa shape index (κ1) is 21.9. The highest BCUT2D eigenvalue weighted by Gasteiger charge is 2.29. The monoisotopic (exact) mass is 448 g/mol. The van der Waals surface area contributed by atoms with E-state index in [9.17, 15) is 8.42 Å². The number of morpholine rings is 1. The molecule has 0 aromatic carbocycles. The second kappa shape index (κ2) is 9.89. The first-order chi connectivity index (χ1) is 9.72. The van der Waals surface area contributed by atoms with Crippen molar-refractivity contribution in [2.45, 2.75) is 25.0 Å². The fraction of sp³-hybridized carbons (Fsp3) is 0.923. The zero-order valence-electron chi connectivity index (χ0n) is 13.7. The van der Waals surface area contributed by atoms with Crippen molar-refractivity contribution >= 4 is 39.8 Å². The van der Waals surface area contributed by atoms with Crippen molar-refractivity contribution in [3.63, 3.8) is 0 Å². The molecule has 0 bridgehead atoms. The predicted octanol–water partition coefficient (Wildman–Crippen LogP) is 0.0542. The lowest BCUT2D eigenvalue weighted by Crippen LogP contribution is -2.40. The molecule has 22 heavy (non-hydrogen) atoms. The maximum atomic E-state index is 11.6. The number of sulfone groups is 1. The molecule has 1 fully saturated rings. The van der Waals surface area contributed by atoms with E-state index in [0.717, 1.165) is 45.8 Å². The van der Waals surface area contributed by atoms with Crippen molar-refractivity contribution in [1.29, 1.82) is 0 Å². The molecule has 0 aliphatic carbocycles. The number of nitrogens with one attached hydrogen (secondary N) is 1. The molecule has 0 amide bonds. The van der Waals surface area contributed by atoms with Crippen LogP contribution in [0, 0.1) is 0 Å². The molecule has 0 aromatic rings. The lowest BCUT2D eigenvalue weighted by Gasteiger charge is -2.26. The van der Waals surface area contributed by atoms with E-state index in [1.807, 2.05) is 0 Å². The molecule has 0 atom stereocenters. The van der Waals surface area contributed by atoms with Gasteiger partial charge in [-0.15, -0.1) is 24.0 Å². The van der Waals surface area contributed by atoms with E-state index in [0.29, 0.717) is 5.96 Å². The van der Waals surface area contributed by atoms with Gasteiger partial charge in [-0.1, -0.05) is 0 Å². The van der Waals surface area contributed by atoms with E-state index in [1.54, 1.807) is 13.8 Å². The number of hydrogen-bond donors (Lipinski definition) is 2. The lowest BCUT2D eigenvalue weighted by atomic mass is 10.2. The van der Waals surface area contributed by atoms with Crippen LogP contribution >= 0.6 is 24.0 Å². The number of halogens is 1. The first-order valence-corrected chi connectivity index (χ1v) is 9.15. The molecule has 0 unspecified atom stereocenters. The number of aliphatic imine (C=N–C) groups is 1. The average Bonchev–Trinajstić information content (AvgIpc) is 2.41. The Morgan fingerprint density at radius 2 is 1.95 bits per heavy atom. The summed E-state index contributed by atoms with van der Waals surface area (Å²) in [6.45, 7) is 8.75. The van der Waals surface area contributed by atoms with E-state index >= 15 is 0 Å². The standard InChI is InChI=1S/C13H28N4O3S.HI/c1-13(2,21(3,18)19)11-16-12(14)15-5-4-6-17-7-9-20-10-8-17;/h4-11H2,1-3H3,(H3,14,15,16);1H. The fourth-order valence-corrected chi connectivity index (χ4v) is 2.09. The van der Waals surface area contributed by atoms with Crippen LogP contribution in [0.4, 0.5) is 0 Å². The Morgan fingerprint density at radius 1 is 1.36 bits per heavy atom. The highest BCUT2D eigenvalue weighted by atomic mass is 127. The summed E-state index contributed by atoms with van der Waals surface area (Å²) in [6.07, 6.45) is 2.18. The molecule has 7 nitrogen and oxygen atoms in total. The minimum Gasteiger partial charge on any atom is -0.379 e. The number of nitrogens with zero attached hydrogens (tertiary/aromatic N) is 2. The molecule has 0 radical (unpaired) electrons. The van der Waals surface area contributed by atoms with Crippen LogP contribution in [-0.4, -0.2) is 76.2 Å². The van der Waals surface area contributed by atoms with Crippen LogP contribution in [0.15, 0.2) is 4.99 Å². The zero-order chi connectivity index (χ0) is 15.9. The van der Waals surface area contributed by atoms with Gasteiger partial charge < -0.3 is 15.8 Å². The number of rotatable bonds is 7. The normalized spacial score (nSPS) is 17.9. The van der Waals surface area contributed by atoms with E-state index in [4.69, 9.17) is 10.5 Å². The van der Waals surface area contributed by atoms with Crippen molar-refractivity contribution < 1.29 is 13.2 Å². The Kier molecular flexibility index (Phi) is 9.83. The topological polar surface area (TPSA) is 97.0 Å². The molecule has 3 N–H and O–H groups in total. The number of ether oxygens (including phenoxy) is 1. The third-order valence-corrected chi connectivity index (χ3v) is 5.83. The summed E-state index contributed by atoms with van der Waals surface area (Å²) in [5, 5.41) is 3.02. The van der Waals surface area contributed by atoms with Crippen molar-refractivity contribution in [2.75, 3.05) is 52.2 Å². The van der Waals surface area contributed by atoms with Gasteiger partial charge in [-0.2, -0.15) is 0 Å². The van der Waals surface area contributed by atoms with Gasteiger partial charge in [0, 0.05) is 25.9 Å². The molecule has 1 saturated heterocycles. The van der Waals surface area contributed by atoms with Crippen molar-refractivity contribution in [1.82, 2.24) is 10.2 Å². The Labute approximate surface area is 151 Å². The SMILES string of the molecule is CC(C)(CN=C(N)NCCCN1CCOCC1)S(C)(=O)=O.I. The van der Waals surface area contributed by atoms with Crippen molar-refractivity contribution in [3.05, 3.63) is 0 Å². The predicted molar refractivity (Wildman–Crippen MR) is 101 cm³/mol.